The zero-order valence-electron chi connectivity index (χ0n) is 25.4. The normalized spacial score (nSPS) is 20.3. The first-order valence-electron chi connectivity index (χ1n) is 14.6. The van der Waals surface area contributed by atoms with Crippen LogP contribution in [0.5, 0.6) is 0 Å². The van der Waals surface area contributed by atoms with Gasteiger partial charge in [0, 0.05) is 68.1 Å². The summed E-state index contributed by atoms with van der Waals surface area (Å²) in [5, 5.41) is 12.5. The molecule has 0 spiro atoms. The van der Waals surface area contributed by atoms with Gasteiger partial charge in [0.1, 0.15) is 18.0 Å². The van der Waals surface area contributed by atoms with E-state index in [0.717, 1.165) is 43.4 Å². The first-order chi connectivity index (χ1) is 19.4. The van der Waals surface area contributed by atoms with Crippen molar-refractivity contribution < 1.29 is 13.6 Å². The van der Waals surface area contributed by atoms with Gasteiger partial charge in [-0.05, 0) is 56.5 Å². The zero-order chi connectivity index (χ0) is 29.5. The molecule has 222 valence electrons. The van der Waals surface area contributed by atoms with Crippen LogP contribution in [0, 0.1) is 6.92 Å². The van der Waals surface area contributed by atoms with Crippen LogP contribution in [-0.2, 0) is 18.1 Å². The predicted octanol–water partition coefficient (Wildman–Crippen LogP) is 5.13. The van der Waals surface area contributed by atoms with Crippen LogP contribution in [0.2, 0.25) is 18.1 Å². The van der Waals surface area contributed by atoms with Gasteiger partial charge in [0.2, 0.25) is 0 Å². The topological polar surface area (TPSA) is 89.2 Å². The lowest BCUT2D eigenvalue weighted by molar-refractivity contribution is 0.0971. The van der Waals surface area contributed by atoms with Crippen molar-refractivity contribution in [1.29, 1.82) is 0 Å². The first kappa shape index (κ1) is 29.5. The number of benzene rings is 1. The molecule has 2 atom stereocenters. The molecule has 1 aliphatic carbocycles. The van der Waals surface area contributed by atoms with Crippen molar-refractivity contribution in [3.63, 3.8) is 0 Å². The Labute approximate surface area is 243 Å². The smallest absolute Gasteiger partial charge is 0.257 e. The number of halogens is 1. The second kappa shape index (κ2) is 11.3. The summed E-state index contributed by atoms with van der Waals surface area (Å²) >= 11 is 0. The first-order valence-corrected chi connectivity index (χ1v) is 17.5. The summed E-state index contributed by atoms with van der Waals surface area (Å²) < 4.78 is 23.1. The number of aryl methyl sites for hydroxylation is 2. The SMILES string of the molecule is Cc1cn(/C=C/NC(=O)c2ccc(N3CCC(N[C@@H]4C[C@H]4O[Si](C)(C)C(C)(C)C)CC3)c3cn(C)nc23)c(CF)n1. The fraction of sp³-hybridized carbons (Fsp3) is 0.567. The average Bonchev–Trinajstić information content (AvgIpc) is 3.31. The number of hydrogen-bond donors (Lipinski definition) is 2. The van der Waals surface area contributed by atoms with Crippen molar-refractivity contribution in [1.82, 2.24) is 30.0 Å². The van der Waals surface area contributed by atoms with Gasteiger partial charge in [0.25, 0.3) is 5.91 Å². The van der Waals surface area contributed by atoms with Gasteiger partial charge in [-0.3, -0.25) is 9.48 Å². The van der Waals surface area contributed by atoms with E-state index in [9.17, 15) is 9.18 Å². The van der Waals surface area contributed by atoms with E-state index in [1.165, 1.54) is 6.20 Å². The molecule has 2 fully saturated rings. The molecule has 2 aliphatic rings. The molecule has 9 nitrogen and oxygen atoms in total. The van der Waals surface area contributed by atoms with Crippen LogP contribution in [0.4, 0.5) is 10.1 Å². The third-order valence-electron chi connectivity index (χ3n) is 8.78. The molecule has 5 rings (SSSR count). The Kier molecular flexibility index (Phi) is 8.15. The lowest BCUT2D eigenvalue weighted by Gasteiger charge is -2.37. The predicted molar refractivity (Wildman–Crippen MR) is 164 cm³/mol. The minimum atomic E-state index is -1.74. The van der Waals surface area contributed by atoms with Crippen molar-refractivity contribution in [3.05, 3.63) is 47.8 Å². The number of amides is 1. The maximum atomic E-state index is 13.2. The fourth-order valence-corrected chi connectivity index (χ4v) is 6.72. The Balaban J connectivity index is 1.20. The Morgan fingerprint density at radius 2 is 1.95 bits per heavy atom. The number of alkyl halides is 1. The third kappa shape index (κ3) is 6.41. The highest BCUT2D eigenvalue weighted by molar-refractivity contribution is 6.74. The molecule has 0 radical (unpaired) electrons. The van der Waals surface area contributed by atoms with E-state index in [1.807, 2.05) is 25.4 Å². The molecule has 2 aromatic heterocycles. The summed E-state index contributed by atoms with van der Waals surface area (Å²) in [5.41, 5.74) is 2.99. The maximum Gasteiger partial charge on any atom is 0.257 e. The summed E-state index contributed by atoms with van der Waals surface area (Å²) in [6, 6.07) is 4.84. The number of carbonyl (C=O) groups excluding carboxylic acids is 1. The second-order valence-electron chi connectivity index (χ2n) is 13.0. The summed E-state index contributed by atoms with van der Waals surface area (Å²) in [6.07, 6.45) is 10.4. The van der Waals surface area contributed by atoms with E-state index in [0.29, 0.717) is 40.8 Å². The molecular weight excluding hydrogens is 537 g/mol. The lowest BCUT2D eigenvalue weighted by atomic mass is 10.0. The van der Waals surface area contributed by atoms with Gasteiger partial charge < -0.3 is 24.5 Å². The largest absolute Gasteiger partial charge is 0.412 e. The minimum absolute atomic E-state index is 0.232. The molecule has 1 amide bonds. The molecule has 1 saturated carbocycles. The number of carbonyl (C=O) groups is 1. The number of piperidine rings is 1. The number of hydrogen-bond acceptors (Lipinski definition) is 6. The van der Waals surface area contributed by atoms with E-state index in [4.69, 9.17) is 4.43 Å². The molecular formula is C30H44FN7O2Si. The number of aromatic nitrogens is 4. The Bertz CT molecular complexity index is 1430. The van der Waals surface area contributed by atoms with Crippen LogP contribution in [0.25, 0.3) is 17.1 Å². The van der Waals surface area contributed by atoms with E-state index < -0.39 is 15.0 Å². The molecule has 11 heteroatoms. The number of anilines is 1. The molecule has 0 unspecified atom stereocenters. The van der Waals surface area contributed by atoms with Gasteiger partial charge in [-0.1, -0.05) is 20.8 Å². The minimum Gasteiger partial charge on any atom is -0.412 e. The Hall–Kier alpha value is -3.02. The average molecular weight is 582 g/mol. The molecule has 1 aromatic carbocycles. The van der Waals surface area contributed by atoms with Crippen molar-refractivity contribution in [2.24, 2.45) is 7.05 Å². The highest BCUT2D eigenvalue weighted by Gasteiger charge is 2.47. The van der Waals surface area contributed by atoms with Crippen molar-refractivity contribution in [2.75, 3.05) is 18.0 Å². The lowest BCUT2D eigenvalue weighted by Crippen LogP contribution is -2.46. The van der Waals surface area contributed by atoms with Crippen LogP contribution in [0.3, 0.4) is 0 Å². The van der Waals surface area contributed by atoms with Crippen LogP contribution < -0.4 is 15.5 Å². The highest BCUT2D eigenvalue weighted by atomic mass is 28.4. The number of nitrogens with one attached hydrogen (secondary N) is 2. The van der Waals surface area contributed by atoms with E-state index >= 15 is 0 Å². The van der Waals surface area contributed by atoms with E-state index in [2.05, 4.69) is 59.5 Å². The van der Waals surface area contributed by atoms with Crippen molar-refractivity contribution >= 4 is 37.0 Å². The summed E-state index contributed by atoms with van der Waals surface area (Å²) in [7, 11) is 0.137. The van der Waals surface area contributed by atoms with Gasteiger partial charge in [-0.25, -0.2) is 9.37 Å². The fourth-order valence-electron chi connectivity index (χ4n) is 5.35. The third-order valence-corrected chi connectivity index (χ3v) is 13.3. The Morgan fingerprint density at radius 1 is 1.22 bits per heavy atom. The number of fused-ring (bicyclic) bond motifs is 1. The number of imidazole rings is 1. The Morgan fingerprint density at radius 3 is 2.63 bits per heavy atom. The number of rotatable bonds is 9. The van der Waals surface area contributed by atoms with E-state index in [-0.39, 0.29) is 10.9 Å². The van der Waals surface area contributed by atoms with Crippen LogP contribution in [0.15, 0.2) is 30.7 Å². The molecule has 1 aliphatic heterocycles. The molecule has 41 heavy (non-hydrogen) atoms. The van der Waals surface area contributed by atoms with Gasteiger partial charge in [0.05, 0.1) is 17.4 Å². The van der Waals surface area contributed by atoms with E-state index in [1.54, 1.807) is 28.6 Å². The second-order valence-corrected chi connectivity index (χ2v) is 17.8. The van der Waals surface area contributed by atoms with Crippen LogP contribution >= 0.6 is 0 Å². The van der Waals surface area contributed by atoms with Gasteiger partial charge in [-0.15, -0.1) is 0 Å². The molecule has 0 bridgehead atoms. The van der Waals surface area contributed by atoms with Gasteiger partial charge >= 0.3 is 0 Å². The maximum absolute atomic E-state index is 13.2. The quantitative estimate of drug-likeness (QED) is 0.341. The molecule has 2 N–H and O–H groups in total. The van der Waals surface area contributed by atoms with Gasteiger partial charge in [-0.2, -0.15) is 5.10 Å². The van der Waals surface area contributed by atoms with Crippen LogP contribution in [0.1, 0.15) is 61.9 Å². The zero-order valence-corrected chi connectivity index (χ0v) is 26.4. The highest BCUT2D eigenvalue weighted by Crippen LogP contribution is 2.41. The van der Waals surface area contributed by atoms with Crippen molar-refractivity contribution in [2.45, 2.75) is 90.0 Å². The summed E-state index contributed by atoms with van der Waals surface area (Å²) in [6.45, 7) is 14.6. The molecule has 3 heterocycles. The molecule has 1 saturated heterocycles. The number of nitrogens with zero attached hydrogens (tertiary/aromatic N) is 5. The van der Waals surface area contributed by atoms with Gasteiger partial charge in [0.15, 0.2) is 8.32 Å². The summed E-state index contributed by atoms with van der Waals surface area (Å²) in [4.78, 5) is 19.6. The summed E-state index contributed by atoms with van der Waals surface area (Å²) in [5.74, 6) is 0.0248. The molecule has 3 aromatic rings. The van der Waals surface area contributed by atoms with Crippen LogP contribution in [-0.4, -0.2) is 64.8 Å². The monoisotopic (exact) mass is 581 g/mol. The standard InChI is InChI=1S/C30H44FN7O2Si/c1-20-18-38(27(17-31)33-20)15-12-32-29(39)22-8-9-25(23-19-36(5)35-28(22)23)37-13-10-21(11-14-37)34-24-16-26(24)40-41(6,7)30(2,3)4/h8-9,12,15,18-19,21,24,26,34H,10-11,13-14,16-17H2,1-7H3,(H,32,39)/b15-12+/t24-,26-/m1/s1. The van der Waals surface area contributed by atoms with Crippen molar-refractivity contribution in [3.8, 4) is 0 Å².